The van der Waals surface area contributed by atoms with E-state index in [2.05, 4.69) is 9.80 Å². The van der Waals surface area contributed by atoms with Gasteiger partial charge in [0.2, 0.25) is 0 Å². The van der Waals surface area contributed by atoms with E-state index >= 15 is 0 Å². The number of hydrogen-bond acceptors (Lipinski definition) is 1. The van der Waals surface area contributed by atoms with Crippen LogP contribution in [0, 0.1) is 5.92 Å². The lowest BCUT2D eigenvalue weighted by molar-refractivity contribution is 0.0991. The Balaban J connectivity index is 1.66. The molecule has 0 N–H and O–H groups in total. The summed E-state index contributed by atoms with van der Waals surface area (Å²) in [6, 6.07) is 0.933. The molecule has 3 fully saturated rings. The molecule has 2 saturated heterocycles. The molecule has 2 aliphatic heterocycles. The van der Waals surface area contributed by atoms with Crippen LogP contribution >= 0.6 is 0 Å². The number of piperidine rings is 1. The van der Waals surface area contributed by atoms with Crippen LogP contribution in [0.4, 0.5) is 4.79 Å². The highest BCUT2D eigenvalue weighted by Crippen LogP contribution is 2.37. The molecule has 2 atom stereocenters. The molecule has 2 amide bonds. The van der Waals surface area contributed by atoms with E-state index in [-0.39, 0.29) is 0 Å². The van der Waals surface area contributed by atoms with Crippen molar-refractivity contribution in [3.63, 3.8) is 0 Å². The van der Waals surface area contributed by atoms with Gasteiger partial charge in [0, 0.05) is 25.7 Å². The highest BCUT2D eigenvalue weighted by Gasteiger charge is 2.38. The molecule has 0 radical (unpaired) electrons. The van der Waals surface area contributed by atoms with E-state index < -0.39 is 0 Å². The maximum Gasteiger partial charge on any atom is 0.320 e. The van der Waals surface area contributed by atoms with Crippen LogP contribution in [-0.2, 0) is 0 Å². The van der Waals surface area contributed by atoms with Crippen LogP contribution in [0.3, 0.4) is 0 Å². The summed E-state index contributed by atoms with van der Waals surface area (Å²) in [5.74, 6) is 0.815. The average molecular weight is 250 g/mol. The quantitative estimate of drug-likeness (QED) is 0.647. The summed E-state index contributed by atoms with van der Waals surface area (Å²) < 4.78 is 0. The fraction of sp³-hybridized carbons (Fsp3) is 0.933. The maximum absolute atomic E-state index is 12.7. The molecule has 0 aromatic rings. The van der Waals surface area contributed by atoms with E-state index in [0.29, 0.717) is 12.1 Å². The first-order valence-corrected chi connectivity index (χ1v) is 7.92. The van der Waals surface area contributed by atoms with E-state index in [1.165, 1.54) is 57.8 Å². The largest absolute Gasteiger partial charge is 0.325 e. The summed E-state index contributed by atoms with van der Waals surface area (Å²) >= 11 is 0. The summed E-state index contributed by atoms with van der Waals surface area (Å²) in [6.07, 6.45) is 11.5. The van der Waals surface area contributed by atoms with Gasteiger partial charge in [0.15, 0.2) is 0 Å². The molecule has 3 rings (SSSR count). The van der Waals surface area contributed by atoms with E-state index in [4.69, 9.17) is 0 Å². The monoisotopic (exact) mass is 250 g/mol. The number of amides is 2. The van der Waals surface area contributed by atoms with Gasteiger partial charge in [-0.1, -0.05) is 19.3 Å². The van der Waals surface area contributed by atoms with Crippen molar-refractivity contribution in [2.75, 3.05) is 19.6 Å². The maximum atomic E-state index is 12.7. The van der Waals surface area contributed by atoms with Crippen molar-refractivity contribution in [3.8, 4) is 0 Å². The number of fused-ring (bicyclic) bond motifs is 1. The second-order valence-corrected chi connectivity index (χ2v) is 6.28. The predicted octanol–water partition coefficient (Wildman–Crippen LogP) is 3.25. The van der Waals surface area contributed by atoms with Gasteiger partial charge in [-0.3, -0.25) is 0 Å². The first-order chi connectivity index (χ1) is 8.86. The van der Waals surface area contributed by atoms with Gasteiger partial charge in [0.25, 0.3) is 0 Å². The lowest BCUT2D eigenvalue weighted by atomic mass is 9.92. The van der Waals surface area contributed by atoms with Crippen LogP contribution in [-0.4, -0.2) is 41.5 Å². The van der Waals surface area contributed by atoms with Crippen molar-refractivity contribution >= 4 is 6.03 Å². The first kappa shape index (κ1) is 12.3. The van der Waals surface area contributed by atoms with Crippen LogP contribution in [0.5, 0.6) is 0 Å². The Hall–Kier alpha value is -0.730. The summed E-state index contributed by atoms with van der Waals surface area (Å²) in [5, 5.41) is 0. The Morgan fingerprint density at radius 2 is 1.50 bits per heavy atom. The third-order valence-corrected chi connectivity index (χ3v) is 5.12. The normalized spacial score (nSPS) is 33.1. The minimum absolute atomic E-state index is 0.355. The van der Waals surface area contributed by atoms with Crippen molar-refractivity contribution in [3.05, 3.63) is 0 Å². The van der Waals surface area contributed by atoms with Crippen molar-refractivity contribution < 1.29 is 4.79 Å². The number of urea groups is 1. The number of likely N-dealkylation sites (tertiary alicyclic amines) is 2. The zero-order valence-electron chi connectivity index (χ0n) is 11.4. The van der Waals surface area contributed by atoms with Crippen LogP contribution in [0.15, 0.2) is 0 Å². The number of nitrogens with zero attached hydrogens (tertiary/aromatic N) is 2. The molecule has 18 heavy (non-hydrogen) atoms. The Labute approximate surface area is 111 Å². The van der Waals surface area contributed by atoms with E-state index in [0.717, 1.165) is 25.6 Å². The Morgan fingerprint density at radius 1 is 0.778 bits per heavy atom. The molecule has 2 heterocycles. The van der Waals surface area contributed by atoms with Gasteiger partial charge in [-0.05, 0) is 44.4 Å². The predicted molar refractivity (Wildman–Crippen MR) is 72.5 cm³/mol. The van der Waals surface area contributed by atoms with Gasteiger partial charge in [0.1, 0.15) is 0 Å². The van der Waals surface area contributed by atoms with Crippen LogP contribution in [0.25, 0.3) is 0 Å². The van der Waals surface area contributed by atoms with Gasteiger partial charge in [-0.25, -0.2) is 4.79 Å². The van der Waals surface area contributed by atoms with Crippen molar-refractivity contribution in [2.45, 2.75) is 63.8 Å². The van der Waals surface area contributed by atoms with Crippen LogP contribution < -0.4 is 0 Å². The Kier molecular flexibility index (Phi) is 3.76. The summed E-state index contributed by atoms with van der Waals surface area (Å²) in [6.45, 7) is 3.00. The average Bonchev–Trinajstić information content (AvgIpc) is 2.71. The van der Waals surface area contributed by atoms with Crippen molar-refractivity contribution in [2.24, 2.45) is 5.92 Å². The molecular formula is C15H26N2O. The van der Waals surface area contributed by atoms with E-state index in [9.17, 15) is 4.79 Å². The third-order valence-electron chi connectivity index (χ3n) is 5.12. The highest BCUT2D eigenvalue weighted by atomic mass is 16.2. The molecule has 0 aromatic heterocycles. The second kappa shape index (κ2) is 5.50. The summed E-state index contributed by atoms with van der Waals surface area (Å²) in [4.78, 5) is 17.1. The van der Waals surface area contributed by atoms with E-state index in [1.54, 1.807) is 0 Å². The number of rotatable bonds is 0. The molecule has 102 valence electrons. The topological polar surface area (TPSA) is 23.6 Å². The van der Waals surface area contributed by atoms with Gasteiger partial charge < -0.3 is 9.80 Å². The van der Waals surface area contributed by atoms with Crippen molar-refractivity contribution in [1.29, 1.82) is 0 Å². The fourth-order valence-corrected chi connectivity index (χ4v) is 4.14. The number of carbonyl (C=O) groups excluding carboxylic acids is 1. The SMILES string of the molecule is O=C(N1CCCCCC1)N1CCCC2CCCC21. The fourth-order valence-electron chi connectivity index (χ4n) is 4.14. The Morgan fingerprint density at radius 3 is 2.28 bits per heavy atom. The molecule has 0 aromatic carbocycles. The van der Waals surface area contributed by atoms with Gasteiger partial charge >= 0.3 is 6.03 Å². The van der Waals surface area contributed by atoms with Gasteiger partial charge in [0.05, 0.1) is 0 Å². The second-order valence-electron chi connectivity index (χ2n) is 6.28. The smallest absolute Gasteiger partial charge is 0.320 e. The number of hydrogen-bond donors (Lipinski definition) is 0. The van der Waals surface area contributed by atoms with Crippen LogP contribution in [0.1, 0.15) is 57.8 Å². The number of carbonyl (C=O) groups is 1. The molecule has 0 bridgehead atoms. The standard InChI is InChI=1S/C15H26N2O/c18-15(16-10-3-1-2-4-11-16)17-12-6-8-13-7-5-9-14(13)17/h13-14H,1-12H2. The van der Waals surface area contributed by atoms with Crippen molar-refractivity contribution in [1.82, 2.24) is 9.80 Å². The summed E-state index contributed by atoms with van der Waals surface area (Å²) in [5.41, 5.74) is 0. The molecule has 1 aliphatic carbocycles. The minimum atomic E-state index is 0.355. The zero-order chi connectivity index (χ0) is 12.4. The molecule has 1 saturated carbocycles. The first-order valence-electron chi connectivity index (χ1n) is 7.92. The highest BCUT2D eigenvalue weighted by molar-refractivity contribution is 5.75. The molecule has 3 aliphatic rings. The lowest BCUT2D eigenvalue weighted by Crippen LogP contribution is -2.52. The van der Waals surface area contributed by atoms with Gasteiger partial charge in [-0.2, -0.15) is 0 Å². The molecule has 2 unspecified atom stereocenters. The molecule has 3 heteroatoms. The molecule has 0 spiro atoms. The lowest BCUT2D eigenvalue weighted by Gasteiger charge is -2.40. The van der Waals surface area contributed by atoms with E-state index in [1.807, 2.05) is 0 Å². The van der Waals surface area contributed by atoms with Gasteiger partial charge in [-0.15, -0.1) is 0 Å². The minimum Gasteiger partial charge on any atom is -0.325 e. The zero-order valence-corrected chi connectivity index (χ0v) is 11.4. The van der Waals surface area contributed by atoms with Crippen LogP contribution in [0.2, 0.25) is 0 Å². The third kappa shape index (κ3) is 2.36. The molecular weight excluding hydrogens is 224 g/mol. The summed E-state index contributed by atoms with van der Waals surface area (Å²) in [7, 11) is 0. The molecule has 3 nitrogen and oxygen atoms in total. The Bertz CT molecular complexity index is 297.